The van der Waals surface area contributed by atoms with Gasteiger partial charge in [0.05, 0.1) is 18.2 Å². The van der Waals surface area contributed by atoms with E-state index in [2.05, 4.69) is 0 Å². The lowest BCUT2D eigenvalue weighted by Crippen LogP contribution is -2.40. The molecule has 1 unspecified atom stereocenters. The summed E-state index contributed by atoms with van der Waals surface area (Å²) >= 11 is 0. The maximum absolute atomic E-state index is 13.1. The van der Waals surface area contributed by atoms with Crippen molar-refractivity contribution in [1.29, 1.82) is 0 Å². The Labute approximate surface area is 188 Å². The largest absolute Gasteiger partial charge is 0.508 e. The number of phenols is 1. The Hall–Kier alpha value is -3.28. The lowest BCUT2D eigenvalue weighted by molar-refractivity contribution is -0.141. The molecule has 1 aliphatic heterocycles. The first kappa shape index (κ1) is 21.9. The van der Waals surface area contributed by atoms with Crippen molar-refractivity contribution in [2.75, 3.05) is 6.61 Å². The van der Waals surface area contributed by atoms with Crippen LogP contribution in [-0.4, -0.2) is 39.5 Å². The van der Waals surface area contributed by atoms with Gasteiger partial charge in [-0.25, -0.2) is 0 Å². The van der Waals surface area contributed by atoms with E-state index in [1.807, 2.05) is 6.92 Å². The quantitative estimate of drug-likeness (QED) is 0.381. The fraction of sp³-hybridized carbons (Fsp3) is 0.385. The Balaban J connectivity index is 1.77. The Bertz CT molecular complexity index is 1000. The van der Waals surface area contributed by atoms with Crippen molar-refractivity contribution in [2.24, 2.45) is 0 Å². The highest BCUT2D eigenvalue weighted by atomic mass is 16.5. The SMILES string of the molecule is CCCOc1ccc(/C(O)=C2/C(=O)C(=O)N(C3CCCCC3)C2c2ccc(O)cc2)cc1. The number of aromatic hydroxyl groups is 1. The van der Waals surface area contributed by atoms with Crippen molar-refractivity contribution in [3.05, 3.63) is 65.2 Å². The van der Waals surface area contributed by atoms with Crippen molar-refractivity contribution in [1.82, 2.24) is 4.90 Å². The minimum Gasteiger partial charge on any atom is -0.508 e. The average molecular weight is 436 g/mol. The molecule has 2 aliphatic rings. The summed E-state index contributed by atoms with van der Waals surface area (Å²) in [4.78, 5) is 27.9. The van der Waals surface area contributed by atoms with Crippen LogP contribution < -0.4 is 4.74 Å². The van der Waals surface area contributed by atoms with E-state index in [9.17, 15) is 19.8 Å². The number of likely N-dealkylation sites (tertiary alicyclic amines) is 1. The second-order valence-corrected chi connectivity index (χ2v) is 8.46. The predicted molar refractivity (Wildman–Crippen MR) is 121 cm³/mol. The van der Waals surface area contributed by atoms with E-state index in [4.69, 9.17) is 4.74 Å². The highest BCUT2D eigenvalue weighted by Gasteiger charge is 2.48. The molecule has 32 heavy (non-hydrogen) atoms. The van der Waals surface area contributed by atoms with Crippen molar-refractivity contribution in [3.63, 3.8) is 0 Å². The number of phenolic OH excluding ortho intramolecular Hbond substituents is 1. The van der Waals surface area contributed by atoms with Crippen molar-refractivity contribution >= 4 is 17.4 Å². The third kappa shape index (κ3) is 4.22. The molecule has 1 heterocycles. The van der Waals surface area contributed by atoms with Crippen LogP contribution >= 0.6 is 0 Å². The maximum Gasteiger partial charge on any atom is 0.295 e. The van der Waals surface area contributed by atoms with Crippen LogP contribution in [0.3, 0.4) is 0 Å². The van der Waals surface area contributed by atoms with E-state index in [0.717, 1.165) is 38.5 Å². The van der Waals surface area contributed by atoms with E-state index in [1.165, 1.54) is 12.1 Å². The second kappa shape index (κ2) is 9.47. The van der Waals surface area contributed by atoms with Gasteiger partial charge >= 0.3 is 0 Å². The molecule has 2 N–H and O–H groups in total. The summed E-state index contributed by atoms with van der Waals surface area (Å²) < 4.78 is 5.60. The second-order valence-electron chi connectivity index (χ2n) is 8.46. The zero-order valence-electron chi connectivity index (χ0n) is 18.3. The third-order valence-corrected chi connectivity index (χ3v) is 6.26. The molecular weight excluding hydrogens is 406 g/mol. The van der Waals surface area contributed by atoms with E-state index in [0.29, 0.717) is 23.5 Å². The van der Waals surface area contributed by atoms with E-state index in [1.54, 1.807) is 41.3 Å². The number of ether oxygens (including phenoxy) is 1. The molecule has 0 radical (unpaired) electrons. The average Bonchev–Trinajstić information content (AvgIpc) is 3.09. The van der Waals surface area contributed by atoms with Crippen molar-refractivity contribution < 1.29 is 24.5 Å². The molecular formula is C26H29NO5. The molecule has 6 heteroatoms. The minimum absolute atomic E-state index is 0.0471. The molecule has 1 saturated heterocycles. The molecule has 1 saturated carbocycles. The van der Waals surface area contributed by atoms with Gasteiger partial charge in [-0.15, -0.1) is 0 Å². The van der Waals surface area contributed by atoms with Gasteiger partial charge in [0.2, 0.25) is 0 Å². The van der Waals surface area contributed by atoms with Gasteiger partial charge in [0.1, 0.15) is 17.3 Å². The smallest absolute Gasteiger partial charge is 0.295 e. The van der Waals surface area contributed by atoms with Crippen LogP contribution in [0.25, 0.3) is 5.76 Å². The Kier molecular flexibility index (Phi) is 6.49. The van der Waals surface area contributed by atoms with Crippen molar-refractivity contribution in [2.45, 2.75) is 57.5 Å². The van der Waals surface area contributed by atoms with Crippen LogP contribution in [-0.2, 0) is 9.59 Å². The van der Waals surface area contributed by atoms with Crippen LogP contribution in [0.4, 0.5) is 0 Å². The Morgan fingerprint density at radius 2 is 1.66 bits per heavy atom. The lowest BCUT2D eigenvalue weighted by atomic mass is 9.91. The number of aliphatic hydroxyl groups excluding tert-OH is 1. The molecule has 6 nitrogen and oxygen atoms in total. The number of amides is 1. The topological polar surface area (TPSA) is 87.1 Å². The van der Waals surface area contributed by atoms with Gasteiger partial charge in [0, 0.05) is 11.6 Å². The summed E-state index contributed by atoms with van der Waals surface area (Å²) in [6.07, 6.45) is 5.70. The highest BCUT2D eigenvalue weighted by Crippen LogP contribution is 2.43. The number of aliphatic hydroxyl groups is 1. The number of hydrogen-bond acceptors (Lipinski definition) is 5. The molecule has 0 aromatic heterocycles. The van der Waals surface area contributed by atoms with Crippen molar-refractivity contribution in [3.8, 4) is 11.5 Å². The van der Waals surface area contributed by atoms with Gasteiger partial charge in [-0.2, -0.15) is 0 Å². The molecule has 2 aromatic rings. The monoisotopic (exact) mass is 435 g/mol. The molecule has 1 aliphatic carbocycles. The van der Waals surface area contributed by atoms with Crippen LogP contribution in [0.2, 0.25) is 0 Å². The summed E-state index contributed by atoms with van der Waals surface area (Å²) in [6.45, 7) is 2.62. The first-order valence-corrected chi connectivity index (χ1v) is 11.3. The standard InChI is InChI=1S/C26H29NO5/c1-2-16-32-21-14-10-18(11-15-21)24(29)22-23(17-8-12-20(28)13-9-17)27(26(31)25(22)30)19-6-4-3-5-7-19/h8-15,19,23,28-29H,2-7,16H2,1H3/b24-22-. The minimum atomic E-state index is -0.685. The third-order valence-electron chi connectivity index (χ3n) is 6.26. The van der Waals surface area contributed by atoms with E-state index in [-0.39, 0.29) is 23.1 Å². The number of nitrogens with zero attached hydrogens (tertiary/aromatic N) is 1. The number of carbonyl (C=O) groups excluding carboxylic acids is 2. The molecule has 0 bridgehead atoms. The molecule has 0 spiro atoms. The summed E-state index contributed by atoms with van der Waals surface area (Å²) in [5, 5.41) is 20.9. The Morgan fingerprint density at radius 1 is 1.00 bits per heavy atom. The number of Topliss-reactive ketones (excluding diaryl/α,β-unsaturated/α-hetero) is 1. The number of carbonyl (C=O) groups is 2. The number of ketones is 1. The zero-order valence-corrected chi connectivity index (χ0v) is 18.3. The van der Waals surface area contributed by atoms with Gasteiger partial charge in [-0.05, 0) is 61.2 Å². The number of rotatable bonds is 6. The first-order chi connectivity index (χ1) is 15.5. The van der Waals surface area contributed by atoms with Crippen LogP contribution in [0.5, 0.6) is 11.5 Å². The van der Waals surface area contributed by atoms with Crippen LogP contribution in [0.15, 0.2) is 54.1 Å². The van der Waals surface area contributed by atoms with Gasteiger partial charge in [-0.3, -0.25) is 9.59 Å². The fourth-order valence-electron chi connectivity index (χ4n) is 4.65. The molecule has 2 aromatic carbocycles. The van der Waals surface area contributed by atoms with E-state index >= 15 is 0 Å². The molecule has 2 fully saturated rings. The molecule has 4 rings (SSSR count). The van der Waals surface area contributed by atoms with Gasteiger partial charge in [-0.1, -0.05) is 38.3 Å². The number of benzene rings is 2. The molecule has 168 valence electrons. The zero-order chi connectivity index (χ0) is 22.7. The van der Waals surface area contributed by atoms with Crippen LogP contribution in [0, 0.1) is 0 Å². The summed E-state index contributed by atoms with van der Waals surface area (Å²) in [5.74, 6) is -0.647. The van der Waals surface area contributed by atoms with Gasteiger partial charge in [0.25, 0.3) is 11.7 Å². The van der Waals surface area contributed by atoms with Crippen LogP contribution in [0.1, 0.15) is 62.6 Å². The Morgan fingerprint density at radius 3 is 2.28 bits per heavy atom. The maximum atomic E-state index is 13.1. The lowest BCUT2D eigenvalue weighted by Gasteiger charge is -2.35. The highest BCUT2D eigenvalue weighted by molar-refractivity contribution is 6.46. The number of hydrogen-bond donors (Lipinski definition) is 2. The van der Waals surface area contributed by atoms with E-state index < -0.39 is 17.7 Å². The fourth-order valence-corrected chi connectivity index (χ4v) is 4.65. The van der Waals surface area contributed by atoms with Gasteiger partial charge in [0.15, 0.2) is 0 Å². The normalized spacial score (nSPS) is 21.2. The summed E-state index contributed by atoms with van der Waals surface area (Å²) in [5.41, 5.74) is 1.24. The summed E-state index contributed by atoms with van der Waals surface area (Å²) in [7, 11) is 0. The first-order valence-electron chi connectivity index (χ1n) is 11.3. The molecule has 1 amide bonds. The predicted octanol–water partition coefficient (Wildman–Crippen LogP) is 4.94. The van der Waals surface area contributed by atoms with Gasteiger partial charge < -0.3 is 19.8 Å². The molecule has 1 atom stereocenters. The summed E-state index contributed by atoms with van der Waals surface area (Å²) in [6, 6.07) is 12.6.